The second-order valence-corrected chi connectivity index (χ2v) is 7.61. The van der Waals surface area contributed by atoms with Crippen molar-refractivity contribution >= 4 is 38.9 Å². The third kappa shape index (κ3) is 3.11. The molecule has 1 aliphatic rings. The second kappa shape index (κ2) is 6.18. The molecule has 1 nitrogen and oxygen atoms in total. The Balaban J connectivity index is 1.89. The highest BCUT2D eigenvalue weighted by molar-refractivity contribution is 9.10. The summed E-state index contributed by atoms with van der Waals surface area (Å²) in [5.74, 6) is 0.829. The Morgan fingerprint density at radius 2 is 2.15 bits per heavy atom. The van der Waals surface area contributed by atoms with Crippen LogP contribution in [0, 0.1) is 5.92 Å². The molecule has 1 heterocycles. The van der Waals surface area contributed by atoms with Gasteiger partial charge in [0.05, 0.1) is 0 Å². The van der Waals surface area contributed by atoms with Crippen LogP contribution in [-0.2, 0) is 0 Å². The fourth-order valence-electron chi connectivity index (χ4n) is 2.50. The number of rotatable bonds is 5. The molecular weight excluding hydrogens is 354 g/mol. The molecule has 1 aromatic carbocycles. The summed E-state index contributed by atoms with van der Waals surface area (Å²) in [5.41, 5.74) is 1.22. The third-order valence-corrected chi connectivity index (χ3v) is 5.74. The van der Waals surface area contributed by atoms with Gasteiger partial charge in [-0.05, 0) is 49.6 Å². The maximum atomic E-state index is 6.01. The van der Waals surface area contributed by atoms with Crippen molar-refractivity contribution in [1.29, 1.82) is 0 Å². The molecule has 0 saturated heterocycles. The molecule has 1 unspecified atom stereocenters. The van der Waals surface area contributed by atoms with Crippen LogP contribution in [0.15, 0.2) is 34.8 Å². The molecule has 4 heteroatoms. The zero-order chi connectivity index (χ0) is 14.1. The molecule has 0 spiro atoms. The van der Waals surface area contributed by atoms with Crippen LogP contribution in [0.5, 0.6) is 0 Å². The Labute approximate surface area is 137 Å². The van der Waals surface area contributed by atoms with E-state index in [4.69, 9.17) is 11.6 Å². The lowest BCUT2D eigenvalue weighted by molar-refractivity contribution is 0.504. The molecule has 1 aromatic heterocycles. The normalized spacial score (nSPS) is 16.4. The Kier molecular flexibility index (Phi) is 4.51. The Hall–Kier alpha value is -0.350. The Morgan fingerprint density at radius 1 is 1.35 bits per heavy atom. The zero-order valence-corrected chi connectivity index (χ0v) is 14.5. The van der Waals surface area contributed by atoms with Crippen molar-refractivity contribution in [2.45, 2.75) is 25.8 Å². The monoisotopic (exact) mass is 369 g/mol. The third-order valence-electron chi connectivity index (χ3n) is 3.65. The van der Waals surface area contributed by atoms with Gasteiger partial charge in [-0.25, -0.2) is 0 Å². The van der Waals surface area contributed by atoms with Crippen LogP contribution in [0.4, 0.5) is 0 Å². The molecule has 2 aromatic rings. The molecule has 3 rings (SSSR count). The van der Waals surface area contributed by atoms with E-state index in [1.54, 1.807) is 0 Å². The standard InChI is InChI=1S/C16H17BrClNS/c1-2-19-16(10-3-4-10)15-8-7-14(20-15)12-6-5-11(18)9-13(12)17/h5-10,16,19H,2-4H2,1H3. The van der Waals surface area contributed by atoms with E-state index in [0.717, 1.165) is 22.0 Å². The SMILES string of the molecule is CCNC(c1ccc(-c2ccc(Cl)cc2Br)s1)C1CC1. The number of nitrogens with one attached hydrogen (secondary N) is 1. The molecule has 1 aliphatic carbocycles. The van der Waals surface area contributed by atoms with Crippen molar-refractivity contribution in [2.24, 2.45) is 5.92 Å². The minimum Gasteiger partial charge on any atom is -0.309 e. The van der Waals surface area contributed by atoms with Crippen molar-refractivity contribution in [3.05, 3.63) is 44.7 Å². The Morgan fingerprint density at radius 3 is 2.80 bits per heavy atom. The van der Waals surface area contributed by atoms with Gasteiger partial charge in [0.2, 0.25) is 0 Å². The summed E-state index contributed by atoms with van der Waals surface area (Å²) < 4.78 is 1.06. The van der Waals surface area contributed by atoms with E-state index in [9.17, 15) is 0 Å². The van der Waals surface area contributed by atoms with Crippen LogP contribution in [0.1, 0.15) is 30.7 Å². The summed E-state index contributed by atoms with van der Waals surface area (Å²) in [6.45, 7) is 3.21. The Bertz CT molecular complexity index is 606. The van der Waals surface area contributed by atoms with Crippen molar-refractivity contribution in [3.63, 3.8) is 0 Å². The van der Waals surface area contributed by atoms with Crippen LogP contribution < -0.4 is 5.32 Å². The van der Waals surface area contributed by atoms with Crippen LogP contribution in [0.2, 0.25) is 5.02 Å². The fraction of sp³-hybridized carbons (Fsp3) is 0.375. The van der Waals surface area contributed by atoms with Gasteiger partial charge in [0.15, 0.2) is 0 Å². The van der Waals surface area contributed by atoms with E-state index in [-0.39, 0.29) is 0 Å². The van der Waals surface area contributed by atoms with E-state index in [2.05, 4.69) is 46.4 Å². The van der Waals surface area contributed by atoms with Crippen LogP contribution in [0.3, 0.4) is 0 Å². The average molecular weight is 371 g/mol. The minimum absolute atomic E-state index is 0.532. The van der Waals surface area contributed by atoms with Gasteiger partial charge < -0.3 is 5.32 Å². The first-order valence-corrected chi connectivity index (χ1v) is 8.96. The topological polar surface area (TPSA) is 12.0 Å². The number of hydrogen-bond acceptors (Lipinski definition) is 2. The van der Waals surface area contributed by atoms with E-state index in [1.165, 1.54) is 28.2 Å². The molecule has 1 fully saturated rings. The van der Waals surface area contributed by atoms with Gasteiger partial charge in [-0.2, -0.15) is 0 Å². The molecule has 0 aliphatic heterocycles. The van der Waals surface area contributed by atoms with Gasteiger partial charge in [0.1, 0.15) is 0 Å². The first kappa shape index (κ1) is 14.6. The first-order chi connectivity index (χ1) is 9.69. The summed E-state index contributed by atoms with van der Waals surface area (Å²) in [6.07, 6.45) is 2.71. The van der Waals surface area contributed by atoms with Gasteiger partial charge in [0.25, 0.3) is 0 Å². The number of benzene rings is 1. The molecule has 0 bridgehead atoms. The van der Waals surface area contributed by atoms with Gasteiger partial charge in [-0.3, -0.25) is 0 Å². The van der Waals surface area contributed by atoms with Gasteiger partial charge in [-0.1, -0.05) is 40.5 Å². The quantitative estimate of drug-likeness (QED) is 0.691. The lowest BCUT2D eigenvalue weighted by Gasteiger charge is -2.15. The van der Waals surface area contributed by atoms with Crippen molar-refractivity contribution in [1.82, 2.24) is 5.32 Å². The van der Waals surface area contributed by atoms with E-state index in [1.807, 2.05) is 23.5 Å². The summed E-state index contributed by atoms with van der Waals surface area (Å²) >= 11 is 11.5. The summed E-state index contributed by atoms with van der Waals surface area (Å²) in [4.78, 5) is 2.75. The summed E-state index contributed by atoms with van der Waals surface area (Å²) in [5, 5.41) is 4.39. The number of thiophene rings is 1. The zero-order valence-electron chi connectivity index (χ0n) is 11.3. The molecule has 0 amide bonds. The number of hydrogen-bond donors (Lipinski definition) is 1. The van der Waals surface area contributed by atoms with Crippen molar-refractivity contribution in [2.75, 3.05) is 6.54 Å². The highest BCUT2D eigenvalue weighted by Gasteiger charge is 2.32. The van der Waals surface area contributed by atoms with E-state index >= 15 is 0 Å². The van der Waals surface area contributed by atoms with E-state index in [0.29, 0.717) is 6.04 Å². The first-order valence-electron chi connectivity index (χ1n) is 6.97. The lowest BCUT2D eigenvalue weighted by Crippen LogP contribution is -2.21. The fourth-order valence-corrected chi connectivity index (χ4v) is 4.75. The predicted molar refractivity (Wildman–Crippen MR) is 91.6 cm³/mol. The lowest BCUT2D eigenvalue weighted by atomic mass is 10.1. The van der Waals surface area contributed by atoms with Crippen molar-refractivity contribution < 1.29 is 0 Å². The van der Waals surface area contributed by atoms with Crippen LogP contribution >= 0.6 is 38.9 Å². The van der Waals surface area contributed by atoms with Crippen LogP contribution in [0.25, 0.3) is 10.4 Å². The van der Waals surface area contributed by atoms with Gasteiger partial charge >= 0.3 is 0 Å². The van der Waals surface area contributed by atoms with Crippen LogP contribution in [-0.4, -0.2) is 6.54 Å². The van der Waals surface area contributed by atoms with Crippen molar-refractivity contribution in [3.8, 4) is 10.4 Å². The molecule has 0 radical (unpaired) electrons. The minimum atomic E-state index is 0.532. The second-order valence-electron chi connectivity index (χ2n) is 5.20. The van der Waals surface area contributed by atoms with E-state index < -0.39 is 0 Å². The average Bonchev–Trinajstić information content (AvgIpc) is 3.14. The summed E-state index contributed by atoms with van der Waals surface area (Å²) in [7, 11) is 0. The largest absolute Gasteiger partial charge is 0.309 e. The summed E-state index contributed by atoms with van der Waals surface area (Å²) in [6, 6.07) is 11.0. The molecular formula is C16H17BrClNS. The molecule has 106 valence electrons. The molecule has 1 N–H and O–H groups in total. The van der Waals surface area contributed by atoms with Gasteiger partial charge in [-0.15, -0.1) is 11.3 Å². The highest BCUT2D eigenvalue weighted by atomic mass is 79.9. The van der Waals surface area contributed by atoms with Gasteiger partial charge in [0, 0.05) is 30.9 Å². The maximum absolute atomic E-state index is 6.01. The molecule has 1 saturated carbocycles. The smallest absolute Gasteiger partial charge is 0.0443 e. The predicted octanol–water partition coefficient (Wildman–Crippen LogP) is 5.89. The number of halogens is 2. The molecule has 20 heavy (non-hydrogen) atoms. The highest BCUT2D eigenvalue weighted by Crippen LogP contribution is 2.45. The molecule has 1 atom stereocenters. The maximum Gasteiger partial charge on any atom is 0.0443 e.